The Morgan fingerprint density at radius 1 is 1.15 bits per heavy atom. The number of thiophene rings is 1. The Bertz CT molecular complexity index is 1240. The molecule has 0 atom stereocenters. The molecule has 4 rings (SSSR count). The van der Waals surface area contributed by atoms with Crippen molar-refractivity contribution in [3.05, 3.63) is 84.9 Å². The first kappa shape index (κ1) is 17.2. The van der Waals surface area contributed by atoms with Crippen LogP contribution in [0.5, 0.6) is 0 Å². The van der Waals surface area contributed by atoms with Gasteiger partial charge in [-0.15, -0.1) is 11.3 Å². The monoisotopic (exact) mass is 399 g/mol. The molecule has 0 amide bonds. The van der Waals surface area contributed by atoms with E-state index in [9.17, 15) is 14.9 Å². The minimum atomic E-state index is -0.614. The average molecular weight is 400 g/mol. The van der Waals surface area contributed by atoms with Crippen molar-refractivity contribution in [2.45, 2.75) is 0 Å². The first-order valence-corrected chi connectivity index (χ1v) is 8.97. The van der Waals surface area contributed by atoms with Crippen molar-refractivity contribution in [3.8, 4) is 5.69 Å². The molecular formula is C18H10ClN3O4S. The highest BCUT2D eigenvalue weighted by molar-refractivity contribution is 7.17. The Kier molecular flexibility index (Phi) is 4.35. The van der Waals surface area contributed by atoms with Crippen LogP contribution in [0.4, 0.5) is 5.88 Å². The highest BCUT2D eigenvalue weighted by Crippen LogP contribution is 2.21. The van der Waals surface area contributed by atoms with Crippen molar-refractivity contribution in [1.29, 1.82) is 0 Å². The van der Waals surface area contributed by atoms with Crippen LogP contribution in [0.25, 0.3) is 28.1 Å². The molecule has 0 saturated heterocycles. The van der Waals surface area contributed by atoms with E-state index in [2.05, 4.69) is 4.98 Å². The van der Waals surface area contributed by atoms with Crippen LogP contribution >= 0.6 is 22.9 Å². The maximum Gasteiger partial charge on any atom is 0.433 e. The maximum absolute atomic E-state index is 13.0. The molecule has 0 radical (unpaired) electrons. The van der Waals surface area contributed by atoms with Crippen LogP contribution in [0.2, 0.25) is 5.02 Å². The molecule has 134 valence electrons. The SMILES string of the molecule is O=c1c2sccc2nc(/C=C/c2ccc([N+](=O)[O-])o2)n1-c1ccc(Cl)cc1. The minimum Gasteiger partial charge on any atom is -0.401 e. The van der Waals surface area contributed by atoms with Gasteiger partial charge in [-0.25, -0.2) is 4.98 Å². The fourth-order valence-electron chi connectivity index (χ4n) is 2.57. The second-order valence-corrected chi connectivity index (χ2v) is 6.84. The molecule has 3 aromatic heterocycles. The molecule has 0 bridgehead atoms. The molecule has 4 aromatic rings. The van der Waals surface area contributed by atoms with Crippen LogP contribution < -0.4 is 5.56 Å². The van der Waals surface area contributed by atoms with Crippen LogP contribution in [-0.4, -0.2) is 14.5 Å². The largest absolute Gasteiger partial charge is 0.433 e. The number of nitrogens with zero attached hydrogens (tertiary/aromatic N) is 3. The first-order valence-electron chi connectivity index (χ1n) is 7.71. The summed E-state index contributed by atoms with van der Waals surface area (Å²) in [6.07, 6.45) is 3.11. The first-order chi connectivity index (χ1) is 13.0. The molecule has 3 heterocycles. The third-order valence-electron chi connectivity index (χ3n) is 3.78. The molecular weight excluding hydrogens is 390 g/mol. The highest BCUT2D eigenvalue weighted by Gasteiger charge is 2.13. The smallest absolute Gasteiger partial charge is 0.401 e. The van der Waals surface area contributed by atoms with Crippen LogP contribution in [0.15, 0.2) is 57.1 Å². The number of furan rings is 1. The predicted octanol–water partition coefficient (Wildman–Crippen LogP) is 4.77. The number of fused-ring (bicyclic) bond motifs is 1. The van der Waals surface area contributed by atoms with E-state index in [1.807, 2.05) is 0 Å². The van der Waals surface area contributed by atoms with E-state index in [0.717, 1.165) is 0 Å². The summed E-state index contributed by atoms with van der Waals surface area (Å²) in [5.74, 6) is 0.294. The van der Waals surface area contributed by atoms with Crippen molar-refractivity contribution in [2.75, 3.05) is 0 Å². The topological polar surface area (TPSA) is 91.2 Å². The van der Waals surface area contributed by atoms with Crippen molar-refractivity contribution >= 4 is 51.2 Å². The normalized spacial score (nSPS) is 11.4. The molecule has 9 heteroatoms. The zero-order valence-corrected chi connectivity index (χ0v) is 15.1. The van der Waals surface area contributed by atoms with Gasteiger partial charge >= 0.3 is 5.88 Å². The van der Waals surface area contributed by atoms with Gasteiger partial charge in [-0.05, 0) is 53.9 Å². The summed E-state index contributed by atoms with van der Waals surface area (Å²) in [5, 5.41) is 13.1. The van der Waals surface area contributed by atoms with Gasteiger partial charge in [0.2, 0.25) is 0 Å². The second kappa shape index (κ2) is 6.82. The Hall–Kier alpha value is -3.23. The number of benzene rings is 1. The van der Waals surface area contributed by atoms with E-state index in [1.165, 1.54) is 34.1 Å². The number of nitro groups is 1. The number of halogens is 1. The zero-order chi connectivity index (χ0) is 19.0. The maximum atomic E-state index is 13.0. The van der Waals surface area contributed by atoms with Crippen molar-refractivity contribution < 1.29 is 9.34 Å². The van der Waals surface area contributed by atoms with Crippen molar-refractivity contribution in [3.63, 3.8) is 0 Å². The van der Waals surface area contributed by atoms with Crippen LogP contribution in [-0.2, 0) is 0 Å². The number of rotatable bonds is 4. The van der Waals surface area contributed by atoms with Gasteiger partial charge in [0.1, 0.15) is 21.2 Å². The van der Waals surface area contributed by atoms with Crippen LogP contribution in [0.3, 0.4) is 0 Å². The van der Waals surface area contributed by atoms with Gasteiger partial charge in [0.05, 0.1) is 17.3 Å². The molecule has 7 nitrogen and oxygen atoms in total. The Morgan fingerprint density at radius 3 is 2.63 bits per heavy atom. The van der Waals surface area contributed by atoms with E-state index in [1.54, 1.807) is 41.8 Å². The van der Waals surface area contributed by atoms with Crippen molar-refractivity contribution in [2.24, 2.45) is 0 Å². The van der Waals surface area contributed by atoms with Gasteiger partial charge in [0.15, 0.2) is 0 Å². The highest BCUT2D eigenvalue weighted by atomic mass is 35.5. The lowest BCUT2D eigenvalue weighted by Crippen LogP contribution is -2.21. The molecule has 0 spiro atoms. The number of aromatic nitrogens is 2. The second-order valence-electron chi connectivity index (χ2n) is 5.49. The van der Waals surface area contributed by atoms with Gasteiger partial charge in [-0.3, -0.25) is 19.5 Å². The summed E-state index contributed by atoms with van der Waals surface area (Å²) in [7, 11) is 0. The van der Waals surface area contributed by atoms with E-state index in [0.29, 0.717) is 26.8 Å². The van der Waals surface area contributed by atoms with E-state index < -0.39 is 4.92 Å². The van der Waals surface area contributed by atoms with Gasteiger partial charge in [-0.1, -0.05) is 11.6 Å². The van der Waals surface area contributed by atoms with Crippen LogP contribution in [0, 0.1) is 10.1 Å². The number of hydrogen-bond acceptors (Lipinski definition) is 6. The molecule has 0 N–H and O–H groups in total. The minimum absolute atomic E-state index is 0.206. The van der Waals surface area contributed by atoms with E-state index >= 15 is 0 Å². The quantitative estimate of drug-likeness (QED) is 0.364. The summed E-state index contributed by atoms with van der Waals surface area (Å²) < 4.78 is 7.11. The fourth-order valence-corrected chi connectivity index (χ4v) is 3.45. The summed E-state index contributed by atoms with van der Waals surface area (Å²) in [5.41, 5.74) is 0.986. The zero-order valence-electron chi connectivity index (χ0n) is 13.5. The standard InChI is InChI=1S/C18H10ClN3O4S/c19-11-1-3-12(4-2-11)21-15(20-14-9-10-27-17(14)18(21)23)7-5-13-6-8-16(26-13)22(24)25/h1-10H/b7-5+. The molecule has 0 aliphatic rings. The molecule has 0 fully saturated rings. The Morgan fingerprint density at radius 2 is 1.93 bits per heavy atom. The molecule has 0 saturated carbocycles. The summed E-state index contributed by atoms with van der Waals surface area (Å²) >= 11 is 7.26. The summed E-state index contributed by atoms with van der Waals surface area (Å²) in [4.78, 5) is 27.6. The third kappa shape index (κ3) is 3.27. The van der Waals surface area contributed by atoms with Gasteiger partial charge in [0, 0.05) is 5.02 Å². The molecule has 0 unspecified atom stereocenters. The van der Waals surface area contributed by atoms with E-state index in [4.69, 9.17) is 16.0 Å². The van der Waals surface area contributed by atoms with Crippen molar-refractivity contribution in [1.82, 2.24) is 9.55 Å². The fraction of sp³-hybridized carbons (Fsp3) is 0. The molecule has 27 heavy (non-hydrogen) atoms. The summed E-state index contributed by atoms with van der Waals surface area (Å²) in [6, 6.07) is 11.3. The van der Waals surface area contributed by atoms with Gasteiger partial charge in [-0.2, -0.15) is 0 Å². The number of hydrogen-bond donors (Lipinski definition) is 0. The third-order valence-corrected chi connectivity index (χ3v) is 4.92. The summed E-state index contributed by atoms with van der Waals surface area (Å²) in [6.45, 7) is 0. The Balaban J connectivity index is 1.86. The van der Waals surface area contributed by atoms with Crippen LogP contribution in [0.1, 0.15) is 11.6 Å². The lowest BCUT2D eigenvalue weighted by atomic mass is 10.3. The molecule has 0 aliphatic carbocycles. The average Bonchev–Trinajstić information content (AvgIpc) is 3.30. The lowest BCUT2D eigenvalue weighted by Gasteiger charge is -2.10. The Labute approximate surface area is 160 Å². The van der Waals surface area contributed by atoms with Gasteiger partial charge in [0.25, 0.3) is 5.56 Å². The predicted molar refractivity (Wildman–Crippen MR) is 105 cm³/mol. The van der Waals surface area contributed by atoms with E-state index in [-0.39, 0.29) is 17.2 Å². The molecule has 1 aromatic carbocycles. The molecule has 0 aliphatic heterocycles. The van der Waals surface area contributed by atoms with Gasteiger partial charge < -0.3 is 4.42 Å². The lowest BCUT2D eigenvalue weighted by molar-refractivity contribution is -0.402.